The number of aryl methyl sites for hydroxylation is 1. The Morgan fingerprint density at radius 2 is 2.27 bits per heavy atom. The zero-order chi connectivity index (χ0) is 16.1. The van der Waals surface area contributed by atoms with Crippen molar-refractivity contribution >= 4 is 17.3 Å². The maximum absolute atomic E-state index is 11.7. The van der Waals surface area contributed by atoms with E-state index in [9.17, 15) is 9.90 Å². The van der Waals surface area contributed by atoms with Gasteiger partial charge in [-0.05, 0) is 25.1 Å². The molecule has 1 N–H and O–H groups in total. The Hall–Kier alpha value is -1.76. The van der Waals surface area contributed by atoms with Crippen LogP contribution in [0.4, 0.5) is 0 Å². The van der Waals surface area contributed by atoms with Gasteiger partial charge in [0.1, 0.15) is 6.04 Å². The molecule has 0 amide bonds. The second-order valence-electron chi connectivity index (χ2n) is 5.19. The van der Waals surface area contributed by atoms with Gasteiger partial charge in [-0.3, -0.25) is 9.69 Å². The quantitative estimate of drug-likeness (QED) is 0.850. The molecule has 2 aromatic rings. The van der Waals surface area contributed by atoms with Crippen molar-refractivity contribution in [2.24, 2.45) is 0 Å². The predicted octanol–water partition coefficient (Wildman–Crippen LogP) is 2.86. The van der Waals surface area contributed by atoms with E-state index < -0.39 is 12.0 Å². The van der Waals surface area contributed by atoms with Gasteiger partial charge in [-0.25, -0.2) is 4.98 Å². The van der Waals surface area contributed by atoms with Crippen LogP contribution in [0.15, 0.2) is 29.6 Å². The van der Waals surface area contributed by atoms with Crippen molar-refractivity contribution in [1.82, 2.24) is 9.88 Å². The van der Waals surface area contributed by atoms with Gasteiger partial charge < -0.3 is 9.84 Å². The minimum absolute atomic E-state index is 0.467. The molecule has 0 aliphatic carbocycles. The summed E-state index contributed by atoms with van der Waals surface area (Å²) in [6.07, 6.45) is 0. The molecule has 0 saturated heterocycles. The van der Waals surface area contributed by atoms with E-state index in [1.54, 1.807) is 30.4 Å². The van der Waals surface area contributed by atoms with Gasteiger partial charge in [0.25, 0.3) is 0 Å². The molecule has 1 heterocycles. The number of nitrogens with zero attached hydrogens (tertiary/aromatic N) is 2. The highest BCUT2D eigenvalue weighted by Gasteiger charge is 2.25. The summed E-state index contributed by atoms with van der Waals surface area (Å²) in [6.45, 7) is 2.90. The summed E-state index contributed by atoms with van der Waals surface area (Å²) < 4.78 is 5.11. The van der Waals surface area contributed by atoms with Crippen LogP contribution in [0, 0.1) is 6.92 Å². The fraction of sp³-hybridized carbons (Fsp3) is 0.375. The van der Waals surface area contributed by atoms with Crippen LogP contribution in [-0.4, -0.2) is 35.1 Å². The second kappa shape index (κ2) is 7.49. The molecule has 5 nitrogen and oxygen atoms in total. The van der Waals surface area contributed by atoms with E-state index in [1.165, 1.54) is 0 Å². The first-order valence-electron chi connectivity index (χ1n) is 6.93. The number of benzene rings is 1. The van der Waals surface area contributed by atoms with Gasteiger partial charge in [0.15, 0.2) is 0 Å². The van der Waals surface area contributed by atoms with Crippen molar-refractivity contribution < 1.29 is 14.6 Å². The van der Waals surface area contributed by atoms with Crippen LogP contribution in [-0.2, 0) is 22.7 Å². The summed E-state index contributed by atoms with van der Waals surface area (Å²) in [5.74, 6) is -0.871. The fourth-order valence-electron chi connectivity index (χ4n) is 2.43. The summed E-state index contributed by atoms with van der Waals surface area (Å²) in [4.78, 5) is 17.9. The molecule has 0 aliphatic heterocycles. The predicted molar refractivity (Wildman–Crippen MR) is 85.8 cm³/mol. The third-order valence-electron chi connectivity index (χ3n) is 3.33. The van der Waals surface area contributed by atoms with E-state index in [2.05, 4.69) is 4.98 Å². The highest BCUT2D eigenvalue weighted by Crippen LogP contribution is 2.23. The number of aliphatic carboxylic acids is 1. The molecular formula is C16H20N2O3S. The van der Waals surface area contributed by atoms with Crippen molar-refractivity contribution in [3.63, 3.8) is 0 Å². The van der Waals surface area contributed by atoms with E-state index in [-0.39, 0.29) is 0 Å². The van der Waals surface area contributed by atoms with E-state index in [4.69, 9.17) is 4.74 Å². The topological polar surface area (TPSA) is 62.7 Å². The van der Waals surface area contributed by atoms with Crippen molar-refractivity contribution in [1.29, 1.82) is 0 Å². The zero-order valence-corrected chi connectivity index (χ0v) is 13.8. The van der Waals surface area contributed by atoms with Crippen molar-refractivity contribution in [3.8, 4) is 0 Å². The average molecular weight is 320 g/mol. The van der Waals surface area contributed by atoms with Crippen LogP contribution >= 0.6 is 11.3 Å². The van der Waals surface area contributed by atoms with Crippen LogP contribution < -0.4 is 0 Å². The monoisotopic (exact) mass is 320 g/mol. The summed E-state index contributed by atoms with van der Waals surface area (Å²) in [7, 11) is 3.43. The smallest absolute Gasteiger partial charge is 0.325 e. The number of likely N-dealkylation sites (N-methyl/N-ethyl adjacent to an activating group) is 1. The molecule has 22 heavy (non-hydrogen) atoms. The lowest BCUT2D eigenvalue weighted by molar-refractivity contribution is -0.143. The number of carbonyl (C=O) groups is 1. The lowest BCUT2D eigenvalue weighted by Gasteiger charge is -2.24. The third kappa shape index (κ3) is 4.13. The molecule has 1 unspecified atom stereocenters. The maximum Gasteiger partial charge on any atom is 0.325 e. The van der Waals surface area contributed by atoms with E-state index in [0.717, 1.165) is 21.8 Å². The summed E-state index contributed by atoms with van der Waals surface area (Å²) >= 11 is 1.57. The standard InChI is InChI=1S/C16H20N2O3S/c1-11-17-14(10-22-11)8-18(2)15(16(19)20)13-6-4-5-12(7-13)9-21-3/h4-7,10,15H,8-9H2,1-3H3,(H,19,20). The molecule has 1 aromatic heterocycles. The fourth-order valence-corrected chi connectivity index (χ4v) is 3.04. The molecule has 0 spiro atoms. The van der Waals surface area contributed by atoms with Gasteiger partial charge in [-0.2, -0.15) is 0 Å². The second-order valence-corrected chi connectivity index (χ2v) is 6.25. The van der Waals surface area contributed by atoms with Gasteiger partial charge in [-0.1, -0.05) is 24.3 Å². The van der Waals surface area contributed by atoms with Gasteiger partial charge in [0, 0.05) is 19.0 Å². The first-order chi connectivity index (χ1) is 10.5. The number of thiazole rings is 1. The third-order valence-corrected chi connectivity index (χ3v) is 4.15. The summed E-state index contributed by atoms with van der Waals surface area (Å²) in [6, 6.07) is 6.79. The van der Waals surface area contributed by atoms with Crippen LogP contribution in [0.3, 0.4) is 0 Å². The van der Waals surface area contributed by atoms with E-state index in [1.807, 2.05) is 36.6 Å². The van der Waals surface area contributed by atoms with Crippen LogP contribution in [0.1, 0.15) is 27.9 Å². The minimum atomic E-state index is -0.871. The average Bonchev–Trinajstić information content (AvgIpc) is 2.84. The molecule has 0 aliphatic rings. The van der Waals surface area contributed by atoms with Gasteiger partial charge in [-0.15, -0.1) is 11.3 Å². The first-order valence-corrected chi connectivity index (χ1v) is 7.81. The molecule has 0 radical (unpaired) electrons. The molecule has 0 bridgehead atoms. The Labute approximate surface area is 134 Å². The number of carboxylic acids is 1. The molecule has 1 atom stereocenters. The Morgan fingerprint density at radius 3 is 2.86 bits per heavy atom. The van der Waals surface area contributed by atoms with Crippen molar-refractivity contribution in [2.75, 3.05) is 14.2 Å². The Kier molecular flexibility index (Phi) is 5.65. The normalized spacial score (nSPS) is 12.5. The first kappa shape index (κ1) is 16.6. The zero-order valence-electron chi connectivity index (χ0n) is 12.9. The molecule has 6 heteroatoms. The van der Waals surface area contributed by atoms with Gasteiger partial charge >= 0.3 is 5.97 Å². The molecule has 0 fully saturated rings. The number of aromatic nitrogens is 1. The summed E-state index contributed by atoms with van der Waals surface area (Å²) in [5, 5.41) is 12.6. The molecule has 1 aromatic carbocycles. The number of methoxy groups -OCH3 is 1. The lowest BCUT2D eigenvalue weighted by atomic mass is 10.0. The molecule has 118 valence electrons. The van der Waals surface area contributed by atoms with Gasteiger partial charge in [0.2, 0.25) is 0 Å². The van der Waals surface area contributed by atoms with Crippen molar-refractivity contribution in [3.05, 3.63) is 51.5 Å². The highest BCUT2D eigenvalue weighted by molar-refractivity contribution is 7.09. The molecule has 2 rings (SSSR count). The SMILES string of the molecule is COCc1cccc(C(C(=O)O)N(C)Cc2csc(C)n2)c1. The van der Waals surface area contributed by atoms with Gasteiger partial charge in [0.05, 0.1) is 17.3 Å². The lowest BCUT2D eigenvalue weighted by Crippen LogP contribution is -2.30. The Balaban J connectivity index is 2.21. The minimum Gasteiger partial charge on any atom is -0.480 e. The largest absolute Gasteiger partial charge is 0.480 e. The number of hydrogen-bond donors (Lipinski definition) is 1. The molecular weight excluding hydrogens is 300 g/mol. The number of rotatable bonds is 7. The van der Waals surface area contributed by atoms with Crippen molar-refractivity contribution in [2.45, 2.75) is 26.1 Å². The van der Waals surface area contributed by atoms with E-state index in [0.29, 0.717) is 13.2 Å². The van der Waals surface area contributed by atoms with Crippen LogP contribution in [0.2, 0.25) is 0 Å². The number of ether oxygens (including phenoxy) is 1. The highest BCUT2D eigenvalue weighted by atomic mass is 32.1. The van der Waals surface area contributed by atoms with Crippen LogP contribution in [0.25, 0.3) is 0 Å². The summed E-state index contributed by atoms with van der Waals surface area (Å²) in [5.41, 5.74) is 2.60. The van der Waals surface area contributed by atoms with E-state index >= 15 is 0 Å². The Bertz CT molecular complexity index is 642. The number of hydrogen-bond acceptors (Lipinski definition) is 5. The number of carboxylic acid groups (broad SMARTS) is 1. The van der Waals surface area contributed by atoms with Crippen LogP contribution in [0.5, 0.6) is 0 Å². The molecule has 0 saturated carbocycles. The maximum atomic E-state index is 11.7. The Morgan fingerprint density at radius 1 is 1.50 bits per heavy atom.